The molecule has 5 rings (SSSR count). The molecule has 1 aliphatic carbocycles. The van der Waals surface area contributed by atoms with Crippen LogP contribution in [0.5, 0.6) is 0 Å². The Labute approximate surface area is 189 Å². The lowest BCUT2D eigenvalue weighted by atomic mass is 9.78. The van der Waals surface area contributed by atoms with Gasteiger partial charge < -0.3 is 14.9 Å². The van der Waals surface area contributed by atoms with Crippen LogP contribution in [0.2, 0.25) is 5.02 Å². The van der Waals surface area contributed by atoms with Crippen molar-refractivity contribution in [1.82, 2.24) is 9.88 Å². The summed E-state index contributed by atoms with van der Waals surface area (Å²) >= 11 is 6.69. The Morgan fingerprint density at radius 1 is 1.03 bits per heavy atom. The van der Waals surface area contributed by atoms with E-state index in [1.165, 1.54) is 0 Å². The first-order valence-corrected chi connectivity index (χ1v) is 11.9. The van der Waals surface area contributed by atoms with Crippen LogP contribution < -0.4 is 4.90 Å². The number of aliphatic hydroxyl groups is 1. The molecule has 2 aromatic rings. The van der Waals surface area contributed by atoms with Gasteiger partial charge in [-0.1, -0.05) is 41.9 Å². The molecule has 1 aromatic carbocycles. The minimum atomic E-state index is -0.322. The first-order chi connectivity index (χ1) is 15.1. The molecule has 2 saturated heterocycles. The zero-order valence-corrected chi connectivity index (χ0v) is 18.6. The molecule has 31 heavy (non-hydrogen) atoms. The number of hydrogen-bond acceptors (Lipinski definition) is 4. The highest BCUT2D eigenvalue weighted by Crippen LogP contribution is 2.44. The number of anilines is 1. The van der Waals surface area contributed by atoms with E-state index in [0.717, 1.165) is 75.0 Å². The van der Waals surface area contributed by atoms with Crippen molar-refractivity contribution in [2.45, 2.75) is 57.1 Å². The van der Waals surface area contributed by atoms with Gasteiger partial charge in [0.05, 0.1) is 16.5 Å². The molecule has 3 fully saturated rings. The molecule has 6 heteroatoms. The Morgan fingerprint density at radius 3 is 2.55 bits per heavy atom. The van der Waals surface area contributed by atoms with Gasteiger partial charge in [-0.05, 0) is 56.6 Å². The Kier molecular flexibility index (Phi) is 5.65. The van der Waals surface area contributed by atoms with E-state index in [1.54, 1.807) is 0 Å². The third kappa shape index (κ3) is 3.94. The predicted molar refractivity (Wildman–Crippen MR) is 123 cm³/mol. The summed E-state index contributed by atoms with van der Waals surface area (Å²) in [7, 11) is 0. The molecule has 1 amide bonds. The summed E-state index contributed by atoms with van der Waals surface area (Å²) in [6.45, 7) is 2.40. The number of amides is 1. The Bertz CT molecular complexity index is 945. The molecule has 5 nitrogen and oxygen atoms in total. The number of aliphatic hydroxyl groups excluding tert-OH is 1. The molecule has 164 valence electrons. The van der Waals surface area contributed by atoms with Crippen molar-refractivity contribution >= 4 is 23.3 Å². The summed E-state index contributed by atoms with van der Waals surface area (Å²) in [5, 5.41) is 10.5. The van der Waals surface area contributed by atoms with Gasteiger partial charge in [0.2, 0.25) is 5.91 Å². The molecule has 3 heterocycles. The quantitative estimate of drug-likeness (QED) is 0.763. The van der Waals surface area contributed by atoms with E-state index in [-0.39, 0.29) is 17.6 Å². The second-order valence-electron chi connectivity index (χ2n) is 9.41. The number of halogens is 1. The fraction of sp³-hybridized carbons (Fsp3) is 0.520. The lowest BCUT2D eigenvalue weighted by molar-refractivity contribution is -0.139. The molecular formula is C25H30ClN3O2. The average molecular weight is 440 g/mol. The monoisotopic (exact) mass is 439 g/mol. The standard InChI is InChI=1S/C25H30ClN3O2/c26-22-15-19(18-5-2-1-3-6-18)16-27-23(22)28-13-4-11-25(17-28)12-14-29(24(25)31)20-7-9-21(30)10-8-20/h1-3,5-6,15-16,20-21,30H,4,7-14,17H2/t20?,21?,25-/m0/s1. The van der Waals surface area contributed by atoms with Crippen molar-refractivity contribution in [2.24, 2.45) is 5.41 Å². The van der Waals surface area contributed by atoms with Crippen molar-refractivity contribution in [3.8, 4) is 11.1 Å². The van der Waals surface area contributed by atoms with Crippen LogP contribution in [0, 0.1) is 5.41 Å². The maximum atomic E-state index is 13.5. The fourth-order valence-corrected chi connectivity index (χ4v) is 5.99. The van der Waals surface area contributed by atoms with Gasteiger partial charge in [0.1, 0.15) is 5.82 Å². The Morgan fingerprint density at radius 2 is 1.81 bits per heavy atom. The van der Waals surface area contributed by atoms with Crippen LogP contribution in [-0.2, 0) is 4.79 Å². The zero-order valence-electron chi connectivity index (χ0n) is 17.8. The molecule has 1 saturated carbocycles. The van der Waals surface area contributed by atoms with Gasteiger partial charge in [-0.25, -0.2) is 4.98 Å². The number of likely N-dealkylation sites (tertiary alicyclic amines) is 1. The molecule has 0 unspecified atom stereocenters. The molecule has 0 radical (unpaired) electrons. The molecule has 2 aliphatic heterocycles. The summed E-state index contributed by atoms with van der Waals surface area (Å²) in [5.74, 6) is 1.09. The highest BCUT2D eigenvalue weighted by Gasteiger charge is 2.51. The number of aromatic nitrogens is 1. The molecule has 1 spiro atoms. The van der Waals surface area contributed by atoms with E-state index in [9.17, 15) is 9.90 Å². The van der Waals surface area contributed by atoms with Gasteiger partial charge in [0, 0.05) is 37.4 Å². The molecule has 1 aromatic heterocycles. The van der Waals surface area contributed by atoms with Crippen molar-refractivity contribution in [2.75, 3.05) is 24.5 Å². The number of carbonyl (C=O) groups is 1. The number of rotatable bonds is 3. The van der Waals surface area contributed by atoms with Crippen LogP contribution in [0.1, 0.15) is 44.9 Å². The van der Waals surface area contributed by atoms with E-state index in [0.29, 0.717) is 17.5 Å². The van der Waals surface area contributed by atoms with Crippen molar-refractivity contribution in [3.63, 3.8) is 0 Å². The lowest BCUT2D eigenvalue weighted by Gasteiger charge is -2.41. The van der Waals surface area contributed by atoms with Crippen LogP contribution in [0.3, 0.4) is 0 Å². The van der Waals surface area contributed by atoms with Crippen LogP contribution >= 0.6 is 11.6 Å². The predicted octanol–water partition coefficient (Wildman–Crippen LogP) is 4.52. The maximum Gasteiger partial charge on any atom is 0.230 e. The fourth-order valence-electron chi connectivity index (χ4n) is 5.71. The number of piperidine rings is 1. The molecule has 3 aliphatic rings. The highest BCUT2D eigenvalue weighted by atomic mass is 35.5. The van der Waals surface area contributed by atoms with Crippen LogP contribution in [0.25, 0.3) is 11.1 Å². The summed E-state index contributed by atoms with van der Waals surface area (Å²) in [6.07, 6.45) is 7.95. The highest BCUT2D eigenvalue weighted by molar-refractivity contribution is 6.33. The van der Waals surface area contributed by atoms with E-state index in [1.807, 2.05) is 30.5 Å². The molecular weight excluding hydrogens is 410 g/mol. The average Bonchev–Trinajstić information content (AvgIpc) is 3.10. The van der Waals surface area contributed by atoms with E-state index >= 15 is 0 Å². The number of hydrogen-bond donors (Lipinski definition) is 1. The first-order valence-electron chi connectivity index (χ1n) is 11.5. The van der Waals surface area contributed by atoms with Gasteiger partial charge >= 0.3 is 0 Å². The third-order valence-corrected chi connectivity index (χ3v) is 7.74. The Balaban J connectivity index is 1.33. The minimum Gasteiger partial charge on any atom is -0.393 e. The van der Waals surface area contributed by atoms with Gasteiger partial charge in [-0.3, -0.25) is 4.79 Å². The van der Waals surface area contributed by atoms with Crippen LogP contribution in [-0.4, -0.2) is 52.7 Å². The van der Waals surface area contributed by atoms with Crippen molar-refractivity contribution in [3.05, 3.63) is 47.6 Å². The zero-order chi connectivity index (χ0) is 21.4. The number of nitrogens with zero attached hydrogens (tertiary/aromatic N) is 3. The van der Waals surface area contributed by atoms with Crippen molar-refractivity contribution < 1.29 is 9.90 Å². The SMILES string of the molecule is O=C1N(C2CCC(O)CC2)CC[C@]12CCCN(c1ncc(-c3ccccc3)cc1Cl)C2. The van der Waals surface area contributed by atoms with Crippen molar-refractivity contribution in [1.29, 1.82) is 0 Å². The summed E-state index contributed by atoms with van der Waals surface area (Å²) in [4.78, 5) is 22.6. The second-order valence-corrected chi connectivity index (χ2v) is 9.82. The smallest absolute Gasteiger partial charge is 0.230 e. The van der Waals surface area contributed by atoms with E-state index < -0.39 is 0 Å². The van der Waals surface area contributed by atoms with Gasteiger partial charge in [0.15, 0.2) is 0 Å². The third-order valence-electron chi connectivity index (χ3n) is 7.46. The summed E-state index contributed by atoms with van der Waals surface area (Å²) in [6, 6.07) is 12.4. The van der Waals surface area contributed by atoms with Gasteiger partial charge in [0.25, 0.3) is 0 Å². The largest absolute Gasteiger partial charge is 0.393 e. The van der Waals surface area contributed by atoms with Crippen LogP contribution in [0.4, 0.5) is 5.82 Å². The maximum absolute atomic E-state index is 13.5. The van der Waals surface area contributed by atoms with E-state index in [2.05, 4.69) is 21.9 Å². The van der Waals surface area contributed by atoms with Crippen LogP contribution in [0.15, 0.2) is 42.6 Å². The molecule has 1 atom stereocenters. The summed E-state index contributed by atoms with van der Waals surface area (Å²) < 4.78 is 0. The van der Waals surface area contributed by atoms with Gasteiger partial charge in [-0.15, -0.1) is 0 Å². The minimum absolute atomic E-state index is 0.194. The number of carbonyl (C=O) groups excluding carboxylic acids is 1. The number of benzene rings is 1. The Hall–Kier alpha value is -2.11. The second kappa shape index (κ2) is 8.44. The first kappa shape index (κ1) is 20.8. The number of pyridine rings is 1. The molecule has 1 N–H and O–H groups in total. The lowest BCUT2D eigenvalue weighted by Crippen LogP contribution is -2.50. The molecule has 0 bridgehead atoms. The summed E-state index contributed by atoms with van der Waals surface area (Å²) in [5.41, 5.74) is 1.78. The van der Waals surface area contributed by atoms with E-state index in [4.69, 9.17) is 16.6 Å². The normalized spacial score (nSPS) is 29.0. The van der Waals surface area contributed by atoms with Gasteiger partial charge in [-0.2, -0.15) is 0 Å². The topological polar surface area (TPSA) is 56.7 Å².